The number of fused-ring (bicyclic) bond motifs is 1. The molecule has 3 nitrogen and oxygen atoms in total. The van der Waals surface area contributed by atoms with Crippen LogP contribution in [0.5, 0.6) is 11.5 Å². The van der Waals surface area contributed by atoms with Crippen molar-refractivity contribution in [2.24, 2.45) is 0 Å². The number of ether oxygens (including phenoxy) is 2. The van der Waals surface area contributed by atoms with E-state index < -0.39 is 29.5 Å². The minimum absolute atomic E-state index is 0.0156. The van der Waals surface area contributed by atoms with E-state index in [0.29, 0.717) is 17.4 Å². The molecular weight excluding hydrogens is 431 g/mol. The van der Waals surface area contributed by atoms with Crippen molar-refractivity contribution in [2.75, 3.05) is 19.1 Å². The highest BCUT2D eigenvalue weighted by atomic mass is 19.4. The predicted molar refractivity (Wildman–Crippen MR) is 100 cm³/mol. The van der Waals surface area contributed by atoms with Gasteiger partial charge >= 0.3 is 18.0 Å². The summed E-state index contributed by atoms with van der Waals surface area (Å²) in [4.78, 5) is 1.43. The van der Waals surface area contributed by atoms with E-state index in [1.807, 2.05) is 0 Å². The topological polar surface area (TPSA) is 21.7 Å². The Labute approximate surface area is 173 Å². The van der Waals surface area contributed by atoms with Crippen molar-refractivity contribution in [3.8, 4) is 11.5 Å². The lowest BCUT2D eigenvalue weighted by Crippen LogP contribution is -2.57. The second-order valence-corrected chi connectivity index (χ2v) is 6.90. The van der Waals surface area contributed by atoms with E-state index >= 15 is 0 Å². The van der Waals surface area contributed by atoms with Gasteiger partial charge in [0.05, 0.1) is 20.1 Å². The number of nitrogens with zero attached hydrogens (tertiary/aromatic N) is 1. The Morgan fingerprint density at radius 2 is 1.45 bits per heavy atom. The first-order chi connectivity index (χ1) is 14.4. The molecule has 168 valence electrons. The highest BCUT2D eigenvalue weighted by Gasteiger charge is 2.76. The van der Waals surface area contributed by atoms with Crippen molar-refractivity contribution in [1.29, 1.82) is 0 Å². The van der Waals surface area contributed by atoms with Gasteiger partial charge in [-0.2, -0.15) is 26.3 Å². The average molecular weight is 449 g/mol. The molecule has 0 aromatic heterocycles. The Balaban J connectivity index is 2.11. The molecule has 0 N–H and O–H groups in total. The van der Waals surface area contributed by atoms with Crippen LogP contribution in [0.25, 0.3) is 0 Å². The molecule has 10 heteroatoms. The molecule has 0 radical (unpaired) electrons. The SMILES string of the molecule is COc1ccc(CN2C=CC(C(F)(C(F)(F)F)C(F)(F)F)c3c(OC)cccc32)cc1. The van der Waals surface area contributed by atoms with E-state index in [9.17, 15) is 30.7 Å². The van der Waals surface area contributed by atoms with Crippen LogP contribution in [-0.4, -0.2) is 32.2 Å². The maximum atomic E-state index is 14.9. The molecule has 0 saturated heterocycles. The summed E-state index contributed by atoms with van der Waals surface area (Å²) in [5, 5.41) is 0. The lowest BCUT2D eigenvalue weighted by molar-refractivity contribution is -0.345. The van der Waals surface area contributed by atoms with Crippen molar-refractivity contribution < 1.29 is 40.2 Å². The van der Waals surface area contributed by atoms with Crippen molar-refractivity contribution in [3.63, 3.8) is 0 Å². The highest BCUT2D eigenvalue weighted by Crippen LogP contribution is 2.58. The van der Waals surface area contributed by atoms with Gasteiger partial charge in [-0.3, -0.25) is 0 Å². The van der Waals surface area contributed by atoms with Gasteiger partial charge in [-0.05, 0) is 29.8 Å². The molecule has 0 saturated carbocycles. The van der Waals surface area contributed by atoms with Gasteiger partial charge < -0.3 is 14.4 Å². The van der Waals surface area contributed by atoms with Crippen LogP contribution < -0.4 is 14.4 Å². The molecule has 31 heavy (non-hydrogen) atoms. The molecule has 2 aromatic rings. The van der Waals surface area contributed by atoms with Crippen molar-refractivity contribution in [1.82, 2.24) is 0 Å². The summed E-state index contributed by atoms with van der Waals surface area (Å²) in [6, 6.07) is 10.7. The standard InChI is InChI=1S/C21H18F7NO2/c1-30-14-8-6-13(7-9-14)12-29-11-10-15(18-16(29)4-3-5-17(18)31-2)19(22,20(23,24)25)21(26,27)28/h3-11,15H,12H2,1-2H3. The van der Waals surface area contributed by atoms with Crippen LogP contribution in [0.15, 0.2) is 54.7 Å². The smallest absolute Gasteiger partial charge is 0.432 e. The van der Waals surface area contributed by atoms with Gasteiger partial charge in [-0.15, -0.1) is 0 Å². The minimum atomic E-state index is -6.20. The quantitative estimate of drug-likeness (QED) is 0.511. The molecule has 0 aliphatic carbocycles. The first kappa shape index (κ1) is 22.8. The Kier molecular flexibility index (Phi) is 5.86. The summed E-state index contributed by atoms with van der Waals surface area (Å²) in [6.45, 7) is 0.116. The first-order valence-corrected chi connectivity index (χ1v) is 9.01. The lowest BCUT2D eigenvalue weighted by atomic mass is 9.79. The van der Waals surface area contributed by atoms with Crippen molar-refractivity contribution in [2.45, 2.75) is 30.5 Å². The van der Waals surface area contributed by atoms with E-state index in [0.717, 1.165) is 13.3 Å². The van der Waals surface area contributed by atoms with Gasteiger partial charge in [0.15, 0.2) is 0 Å². The number of hydrogen-bond acceptors (Lipinski definition) is 3. The highest BCUT2D eigenvalue weighted by molar-refractivity contribution is 5.67. The Bertz CT molecular complexity index is 938. The largest absolute Gasteiger partial charge is 0.497 e. The number of rotatable bonds is 5. The maximum absolute atomic E-state index is 14.9. The Hall–Kier alpha value is -2.91. The van der Waals surface area contributed by atoms with E-state index in [2.05, 4.69) is 0 Å². The van der Waals surface area contributed by atoms with Gasteiger partial charge in [0.25, 0.3) is 0 Å². The van der Waals surface area contributed by atoms with Crippen molar-refractivity contribution >= 4 is 5.69 Å². The molecule has 1 aliphatic heterocycles. The number of anilines is 1. The summed E-state index contributed by atoms with van der Waals surface area (Å²) in [5.74, 6) is -2.37. The third-order valence-electron chi connectivity index (χ3n) is 5.11. The van der Waals surface area contributed by atoms with E-state index in [4.69, 9.17) is 9.47 Å². The van der Waals surface area contributed by atoms with Crippen molar-refractivity contribution in [3.05, 3.63) is 65.9 Å². The zero-order valence-electron chi connectivity index (χ0n) is 16.4. The zero-order chi connectivity index (χ0) is 23.0. The summed E-state index contributed by atoms with van der Waals surface area (Å²) < 4.78 is 106. The van der Waals surface area contributed by atoms with Crippen LogP contribution in [0.2, 0.25) is 0 Å². The predicted octanol–water partition coefficient (Wildman–Crippen LogP) is 6.15. The number of alkyl halides is 7. The molecule has 3 rings (SSSR count). The van der Waals surface area contributed by atoms with Gasteiger partial charge in [0.2, 0.25) is 0 Å². The van der Waals surface area contributed by atoms with Crippen LogP contribution in [0.4, 0.5) is 36.4 Å². The van der Waals surface area contributed by atoms with Gasteiger partial charge in [-0.25, -0.2) is 4.39 Å². The number of allylic oxidation sites excluding steroid dienone is 1. The molecule has 1 atom stereocenters. The molecule has 0 bridgehead atoms. The van der Waals surface area contributed by atoms with E-state index in [1.54, 1.807) is 24.3 Å². The number of halogens is 7. The molecule has 1 aliphatic rings. The monoisotopic (exact) mass is 449 g/mol. The molecule has 1 unspecified atom stereocenters. The fraction of sp³-hybridized carbons (Fsp3) is 0.333. The average Bonchev–Trinajstić information content (AvgIpc) is 2.72. The number of methoxy groups -OCH3 is 2. The molecule has 1 heterocycles. The third-order valence-corrected chi connectivity index (χ3v) is 5.11. The molecule has 0 amide bonds. The number of benzene rings is 2. The van der Waals surface area contributed by atoms with Gasteiger partial charge in [0.1, 0.15) is 11.5 Å². The van der Waals surface area contributed by atoms with Crippen LogP contribution in [0.1, 0.15) is 17.0 Å². The minimum Gasteiger partial charge on any atom is -0.497 e. The van der Waals surface area contributed by atoms with Crippen LogP contribution in [-0.2, 0) is 6.54 Å². The summed E-state index contributed by atoms with van der Waals surface area (Å²) in [6.07, 6.45) is -10.8. The second kappa shape index (κ2) is 7.97. The third kappa shape index (κ3) is 3.90. The number of hydrogen-bond donors (Lipinski definition) is 0. The molecular formula is C21H18F7NO2. The second-order valence-electron chi connectivity index (χ2n) is 6.90. The normalized spacial score (nSPS) is 16.8. The Morgan fingerprint density at radius 1 is 0.839 bits per heavy atom. The first-order valence-electron chi connectivity index (χ1n) is 9.01. The molecule has 0 fully saturated rings. The van der Waals surface area contributed by atoms with Gasteiger partial charge in [0, 0.05) is 24.0 Å². The summed E-state index contributed by atoms with van der Waals surface area (Å²) in [7, 11) is 2.58. The fourth-order valence-electron chi connectivity index (χ4n) is 3.55. The summed E-state index contributed by atoms with van der Waals surface area (Å²) in [5.41, 5.74) is -5.33. The Morgan fingerprint density at radius 3 is 1.97 bits per heavy atom. The molecule has 0 spiro atoms. The van der Waals surface area contributed by atoms with Crippen LogP contribution >= 0.6 is 0 Å². The maximum Gasteiger partial charge on any atom is 0.432 e. The molecule has 2 aromatic carbocycles. The van der Waals surface area contributed by atoms with E-state index in [-0.39, 0.29) is 18.0 Å². The fourth-order valence-corrected chi connectivity index (χ4v) is 3.55. The van der Waals surface area contributed by atoms with E-state index in [1.165, 1.54) is 30.2 Å². The van der Waals surface area contributed by atoms with Crippen LogP contribution in [0, 0.1) is 0 Å². The lowest BCUT2D eigenvalue weighted by Gasteiger charge is -2.40. The van der Waals surface area contributed by atoms with Crippen LogP contribution in [0.3, 0.4) is 0 Å². The summed E-state index contributed by atoms with van der Waals surface area (Å²) >= 11 is 0. The zero-order valence-corrected chi connectivity index (χ0v) is 16.4. The van der Waals surface area contributed by atoms with Gasteiger partial charge in [-0.1, -0.05) is 24.3 Å².